The zero-order chi connectivity index (χ0) is 18.1. The Hall–Kier alpha value is -3.03. The van der Waals surface area contributed by atoms with Crippen molar-refractivity contribution >= 4 is 17.0 Å². The lowest BCUT2D eigenvalue weighted by Gasteiger charge is -2.22. The molecule has 0 aliphatic heterocycles. The van der Waals surface area contributed by atoms with Gasteiger partial charge < -0.3 is 5.32 Å². The van der Waals surface area contributed by atoms with Gasteiger partial charge in [0.2, 0.25) is 5.95 Å². The van der Waals surface area contributed by atoms with Gasteiger partial charge in [0, 0.05) is 12.2 Å². The van der Waals surface area contributed by atoms with Crippen LogP contribution >= 0.6 is 0 Å². The van der Waals surface area contributed by atoms with Gasteiger partial charge in [-0.25, -0.2) is 18.7 Å². The molecule has 0 unspecified atom stereocenters. The predicted molar refractivity (Wildman–Crippen MR) is 96.2 cm³/mol. The number of aromatic amines is 1. The van der Waals surface area contributed by atoms with Gasteiger partial charge >= 0.3 is 5.69 Å². The van der Waals surface area contributed by atoms with Gasteiger partial charge in [-0.15, -0.1) is 0 Å². The third-order valence-electron chi connectivity index (χ3n) is 4.66. The van der Waals surface area contributed by atoms with E-state index < -0.39 is 17.1 Å². The zero-order valence-corrected chi connectivity index (χ0v) is 14.0. The fraction of sp³-hybridized carbons (Fsp3) is 0.333. The van der Waals surface area contributed by atoms with Crippen molar-refractivity contribution in [3.63, 3.8) is 0 Å². The topological polar surface area (TPSA) is 92.7 Å². The molecule has 0 radical (unpaired) electrons. The van der Waals surface area contributed by atoms with E-state index >= 15 is 0 Å². The minimum Gasteiger partial charge on any atom is -0.351 e. The van der Waals surface area contributed by atoms with Gasteiger partial charge in [0.15, 0.2) is 5.65 Å². The van der Waals surface area contributed by atoms with Crippen molar-refractivity contribution in [1.29, 1.82) is 0 Å². The number of benzene rings is 1. The smallest absolute Gasteiger partial charge is 0.334 e. The summed E-state index contributed by atoms with van der Waals surface area (Å²) in [5, 5.41) is 3.43. The predicted octanol–water partition coefficient (Wildman–Crippen LogP) is 2.35. The molecule has 2 N–H and O–H groups in total. The minimum atomic E-state index is -0.671. The van der Waals surface area contributed by atoms with E-state index in [2.05, 4.69) is 20.3 Å². The number of halogens is 1. The minimum absolute atomic E-state index is 0.155. The standard InChI is InChI=1S/C18H18FN5O2/c19-11-5-4-8-13(9-11)24-16(25)14-10-20-17(22-15(14)23-18(24)26)21-12-6-2-1-3-7-12/h4-5,8-10,12H,1-3,6-7H2,(H2,20,21,22,23,26). The van der Waals surface area contributed by atoms with Gasteiger partial charge in [-0.1, -0.05) is 25.3 Å². The molecular formula is C18H18FN5O2. The quantitative estimate of drug-likeness (QED) is 0.752. The molecule has 7 nitrogen and oxygen atoms in total. The summed E-state index contributed by atoms with van der Waals surface area (Å²) in [6.07, 6.45) is 7.07. The first-order chi connectivity index (χ1) is 12.6. The first kappa shape index (κ1) is 16.4. The summed E-state index contributed by atoms with van der Waals surface area (Å²) in [6.45, 7) is 0. The number of nitrogens with zero attached hydrogens (tertiary/aromatic N) is 3. The van der Waals surface area contributed by atoms with Crippen molar-refractivity contribution in [2.45, 2.75) is 38.1 Å². The molecule has 2 heterocycles. The molecule has 1 fully saturated rings. The van der Waals surface area contributed by atoms with Crippen molar-refractivity contribution in [2.24, 2.45) is 0 Å². The molecule has 1 aromatic carbocycles. The molecule has 1 saturated carbocycles. The van der Waals surface area contributed by atoms with Gasteiger partial charge in [0.25, 0.3) is 5.56 Å². The first-order valence-corrected chi connectivity index (χ1v) is 8.66. The fourth-order valence-electron chi connectivity index (χ4n) is 3.35. The van der Waals surface area contributed by atoms with E-state index in [0.29, 0.717) is 12.0 Å². The normalized spacial score (nSPS) is 15.3. The van der Waals surface area contributed by atoms with E-state index in [1.807, 2.05) is 0 Å². The Labute approximate surface area is 147 Å². The van der Waals surface area contributed by atoms with Crippen LogP contribution in [0.5, 0.6) is 0 Å². The van der Waals surface area contributed by atoms with E-state index in [-0.39, 0.29) is 16.7 Å². The highest BCUT2D eigenvalue weighted by Crippen LogP contribution is 2.20. The zero-order valence-electron chi connectivity index (χ0n) is 14.0. The van der Waals surface area contributed by atoms with Gasteiger partial charge in [-0.05, 0) is 31.0 Å². The van der Waals surface area contributed by atoms with Crippen LogP contribution in [0.4, 0.5) is 10.3 Å². The number of rotatable bonds is 3. The van der Waals surface area contributed by atoms with E-state index in [1.165, 1.54) is 43.7 Å². The van der Waals surface area contributed by atoms with Crippen molar-refractivity contribution in [2.75, 3.05) is 5.32 Å². The van der Waals surface area contributed by atoms with Crippen LogP contribution < -0.4 is 16.6 Å². The molecule has 134 valence electrons. The Bertz CT molecular complexity index is 1070. The van der Waals surface area contributed by atoms with Crippen molar-refractivity contribution < 1.29 is 4.39 Å². The highest BCUT2D eigenvalue weighted by molar-refractivity contribution is 5.73. The molecule has 1 aliphatic carbocycles. The molecule has 4 rings (SSSR count). The molecular weight excluding hydrogens is 337 g/mol. The van der Waals surface area contributed by atoms with Crippen LogP contribution in [0, 0.1) is 5.82 Å². The summed E-state index contributed by atoms with van der Waals surface area (Å²) < 4.78 is 14.3. The average molecular weight is 355 g/mol. The summed E-state index contributed by atoms with van der Waals surface area (Å²) in [5.74, 6) is -0.139. The summed E-state index contributed by atoms with van der Waals surface area (Å²) in [4.78, 5) is 36.1. The highest BCUT2D eigenvalue weighted by Gasteiger charge is 2.16. The number of H-pyrrole nitrogens is 1. The van der Waals surface area contributed by atoms with Crippen molar-refractivity contribution in [1.82, 2.24) is 19.5 Å². The Morgan fingerprint density at radius 3 is 2.77 bits per heavy atom. The molecule has 1 aliphatic rings. The van der Waals surface area contributed by atoms with E-state index in [4.69, 9.17) is 0 Å². The van der Waals surface area contributed by atoms with E-state index in [0.717, 1.165) is 23.5 Å². The van der Waals surface area contributed by atoms with Gasteiger partial charge in [-0.3, -0.25) is 9.78 Å². The lowest BCUT2D eigenvalue weighted by molar-refractivity contribution is 0.461. The van der Waals surface area contributed by atoms with Crippen LogP contribution in [0.15, 0.2) is 40.1 Å². The Morgan fingerprint density at radius 1 is 1.19 bits per heavy atom. The van der Waals surface area contributed by atoms with Crippen LogP contribution in [-0.2, 0) is 0 Å². The molecule has 26 heavy (non-hydrogen) atoms. The van der Waals surface area contributed by atoms with E-state index in [9.17, 15) is 14.0 Å². The number of nitrogens with one attached hydrogen (secondary N) is 2. The number of hydrogen-bond acceptors (Lipinski definition) is 5. The lowest BCUT2D eigenvalue weighted by atomic mass is 9.96. The fourth-order valence-corrected chi connectivity index (χ4v) is 3.35. The second-order valence-electron chi connectivity index (χ2n) is 6.49. The molecule has 2 aromatic heterocycles. The number of fused-ring (bicyclic) bond motifs is 1. The molecule has 0 atom stereocenters. The second-order valence-corrected chi connectivity index (χ2v) is 6.49. The molecule has 0 bridgehead atoms. The van der Waals surface area contributed by atoms with Crippen LogP contribution in [0.25, 0.3) is 16.7 Å². The maximum atomic E-state index is 13.4. The monoisotopic (exact) mass is 355 g/mol. The Balaban J connectivity index is 1.75. The van der Waals surface area contributed by atoms with Crippen LogP contribution in [0.2, 0.25) is 0 Å². The van der Waals surface area contributed by atoms with E-state index in [1.54, 1.807) is 0 Å². The second kappa shape index (κ2) is 6.70. The third-order valence-corrected chi connectivity index (χ3v) is 4.66. The van der Waals surface area contributed by atoms with Gasteiger partial charge in [-0.2, -0.15) is 4.98 Å². The summed E-state index contributed by atoms with van der Waals surface area (Å²) in [5.41, 5.74) is -0.933. The Morgan fingerprint density at radius 2 is 2.00 bits per heavy atom. The Kier molecular flexibility index (Phi) is 4.24. The molecule has 8 heteroatoms. The highest BCUT2D eigenvalue weighted by atomic mass is 19.1. The van der Waals surface area contributed by atoms with Crippen molar-refractivity contribution in [3.05, 3.63) is 57.1 Å². The van der Waals surface area contributed by atoms with Crippen LogP contribution in [-0.4, -0.2) is 25.6 Å². The maximum absolute atomic E-state index is 13.4. The maximum Gasteiger partial charge on any atom is 0.334 e. The number of hydrogen-bond donors (Lipinski definition) is 2. The lowest BCUT2D eigenvalue weighted by Crippen LogP contribution is -2.34. The molecule has 0 spiro atoms. The largest absolute Gasteiger partial charge is 0.351 e. The molecule has 0 amide bonds. The van der Waals surface area contributed by atoms with Gasteiger partial charge in [0.1, 0.15) is 11.2 Å². The number of anilines is 1. The summed E-state index contributed by atoms with van der Waals surface area (Å²) in [7, 11) is 0. The number of aromatic nitrogens is 4. The molecule has 0 saturated heterocycles. The van der Waals surface area contributed by atoms with Gasteiger partial charge in [0.05, 0.1) is 5.69 Å². The van der Waals surface area contributed by atoms with Crippen LogP contribution in [0.3, 0.4) is 0 Å². The SMILES string of the molecule is O=c1[nH]c2nc(NC3CCCCC3)ncc2c(=O)n1-c1cccc(F)c1. The average Bonchev–Trinajstić information content (AvgIpc) is 2.62. The van der Waals surface area contributed by atoms with Crippen molar-refractivity contribution in [3.8, 4) is 5.69 Å². The summed E-state index contributed by atoms with van der Waals surface area (Å²) >= 11 is 0. The first-order valence-electron chi connectivity index (χ1n) is 8.66. The third kappa shape index (κ3) is 3.10. The summed E-state index contributed by atoms with van der Waals surface area (Å²) in [6, 6.07) is 5.61. The molecule has 3 aromatic rings. The van der Waals surface area contributed by atoms with Crippen LogP contribution in [0.1, 0.15) is 32.1 Å².